The van der Waals surface area contributed by atoms with Crippen LogP contribution in [-0.2, 0) is 14.3 Å². The number of carbonyl (C=O) groups excluding carboxylic acids is 1. The maximum Gasteiger partial charge on any atom is 0.345 e. The standard InChI is InChI=1S/C21H19NO5/c1-2-12-26-16-10-8-14(9-11-16)13-17-19(23)18(21(24)25)20(27-17)22-15-6-4-3-5-7-15/h3-11,13,22H,2,12H2,1H3,(H,24,25)/b17-13-. The second-order valence-electron chi connectivity index (χ2n) is 5.86. The zero-order valence-corrected chi connectivity index (χ0v) is 14.8. The number of carbonyl (C=O) groups is 2. The molecule has 0 unspecified atom stereocenters. The lowest BCUT2D eigenvalue weighted by molar-refractivity contribution is -0.134. The molecule has 1 heterocycles. The molecule has 1 aliphatic heterocycles. The molecule has 0 fully saturated rings. The molecule has 0 spiro atoms. The molecule has 0 amide bonds. The number of anilines is 1. The van der Waals surface area contributed by atoms with Gasteiger partial charge in [0.15, 0.2) is 11.3 Å². The van der Waals surface area contributed by atoms with Crippen molar-refractivity contribution in [3.63, 3.8) is 0 Å². The van der Waals surface area contributed by atoms with Gasteiger partial charge in [0.1, 0.15) is 5.75 Å². The molecule has 2 aromatic rings. The zero-order valence-electron chi connectivity index (χ0n) is 14.8. The molecule has 6 nitrogen and oxygen atoms in total. The third-order valence-electron chi connectivity index (χ3n) is 3.79. The molecule has 0 aromatic heterocycles. The summed E-state index contributed by atoms with van der Waals surface area (Å²) in [5, 5.41) is 12.2. The minimum atomic E-state index is -1.34. The van der Waals surface area contributed by atoms with Gasteiger partial charge in [0, 0.05) is 5.69 Å². The molecule has 2 N–H and O–H groups in total. The summed E-state index contributed by atoms with van der Waals surface area (Å²) in [5.74, 6) is -1.42. The average molecular weight is 365 g/mol. The van der Waals surface area contributed by atoms with Gasteiger partial charge in [-0.1, -0.05) is 37.3 Å². The molecule has 138 valence electrons. The summed E-state index contributed by atoms with van der Waals surface area (Å²) in [5.41, 5.74) is 0.902. The van der Waals surface area contributed by atoms with Crippen molar-refractivity contribution in [3.05, 3.63) is 77.4 Å². The number of ketones is 1. The van der Waals surface area contributed by atoms with Crippen LogP contribution in [0.15, 0.2) is 71.8 Å². The molecular formula is C21H19NO5. The quantitative estimate of drug-likeness (QED) is 0.573. The van der Waals surface area contributed by atoms with Gasteiger partial charge in [-0.2, -0.15) is 0 Å². The van der Waals surface area contributed by atoms with Crippen molar-refractivity contribution < 1.29 is 24.2 Å². The fourth-order valence-electron chi connectivity index (χ4n) is 2.50. The third-order valence-corrected chi connectivity index (χ3v) is 3.79. The van der Waals surface area contributed by atoms with Crippen LogP contribution in [0.4, 0.5) is 5.69 Å². The Hall–Kier alpha value is -3.54. The third kappa shape index (κ3) is 4.36. The first kappa shape index (κ1) is 18.3. The Balaban J connectivity index is 1.81. The molecule has 6 heteroatoms. The Morgan fingerprint density at radius 1 is 1.15 bits per heavy atom. The van der Waals surface area contributed by atoms with E-state index in [4.69, 9.17) is 9.47 Å². The summed E-state index contributed by atoms with van der Waals surface area (Å²) in [6.45, 7) is 2.65. The number of ether oxygens (including phenoxy) is 2. The van der Waals surface area contributed by atoms with E-state index < -0.39 is 17.3 Å². The van der Waals surface area contributed by atoms with Crippen LogP contribution in [0.3, 0.4) is 0 Å². The maximum absolute atomic E-state index is 12.5. The highest BCUT2D eigenvalue weighted by Crippen LogP contribution is 2.28. The molecule has 0 radical (unpaired) electrons. The number of nitrogens with one attached hydrogen (secondary N) is 1. The number of para-hydroxylation sites is 1. The van der Waals surface area contributed by atoms with Gasteiger partial charge < -0.3 is 19.9 Å². The summed E-state index contributed by atoms with van der Waals surface area (Å²) >= 11 is 0. The van der Waals surface area contributed by atoms with Crippen molar-refractivity contribution in [2.45, 2.75) is 13.3 Å². The van der Waals surface area contributed by atoms with Crippen molar-refractivity contribution in [2.24, 2.45) is 0 Å². The van der Waals surface area contributed by atoms with E-state index in [1.807, 2.05) is 13.0 Å². The normalized spacial score (nSPS) is 15.0. The molecule has 0 saturated heterocycles. The van der Waals surface area contributed by atoms with E-state index in [9.17, 15) is 14.7 Å². The summed E-state index contributed by atoms with van der Waals surface area (Å²) in [6, 6.07) is 16.0. The zero-order chi connectivity index (χ0) is 19.2. The van der Waals surface area contributed by atoms with E-state index in [1.54, 1.807) is 48.5 Å². The highest BCUT2D eigenvalue weighted by molar-refractivity contribution is 6.26. The molecule has 0 bridgehead atoms. The van der Waals surface area contributed by atoms with Crippen molar-refractivity contribution in [1.82, 2.24) is 0 Å². The Kier molecular flexibility index (Phi) is 5.56. The van der Waals surface area contributed by atoms with Gasteiger partial charge in [0.05, 0.1) is 6.61 Å². The maximum atomic E-state index is 12.5. The van der Waals surface area contributed by atoms with Crippen LogP contribution in [0.25, 0.3) is 6.08 Å². The van der Waals surface area contributed by atoms with Gasteiger partial charge in [-0.25, -0.2) is 4.79 Å². The number of carboxylic acid groups (broad SMARTS) is 1. The van der Waals surface area contributed by atoms with Crippen molar-refractivity contribution in [1.29, 1.82) is 0 Å². The summed E-state index contributed by atoms with van der Waals surface area (Å²) in [7, 11) is 0. The molecular weight excluding hydrogens is 346 g/mol. The van der Waals surface area contributed by atoms with E-state index in [0.717, 1.165) is 12.2 Å². The van der Waals surface area contributed by atoms with Crippen molar-refractivity contribution in [3.8, 4) is 5.75 Å². The smallest absolute Gasteiger partial charge is 0.345 e. The van der Waals surface area contributed by atoms with Crippen LogP contribution in [0.2, 0.25) is 0 Å². The lowest BCUT2D eigenvalue weighted by atomic mass is 10.1. The molecule has 1 aliphatic rings. The van der Waals surface area contributed by atoms with E-state index in [1.165, 1.54) is 6.08 Å². The summed E-state index contributed by atoms with van der Waals surface area (Å²) < 4.78 is 11.0. The second kappa shape index (κ2) is 8.23. The minimum Gasteiger partial charge on any atom is -0.494 e. The highest BCUT2D eigenvalue weighted by atomic mass is 16.5. The van der Waals surface area contributed by atoms with Gasteiger partial charge in [-0.15, -0.1) is 0 Å². The Bertz CT molecular complexity index is 898. The van der Waals surface area contributed by atoms with Crippen LogP contribution in [0.5, 0.6) is 5.75 Å². The van der Waals surface area contributed by atoms with Gasteiger partial charge >= 0.3 is 5.97 Å². The number of hydrogen-bond donors (Lipinski definition) is 2. The van der Waals surface area contributed by atoms with Crippen LogP contribution < -0.4 is 10.1 Å². The average Bonchev–Trinajstić information content (AvgIpc) is 2.97. The summed E-state index contributed by atoms with van der Waals surface area (Å²) in [4.78, 5) is 24.0. The van der Waals surface area contributed by atoms with Gasteiger partial charge in [0.25, 0.3) is 0 Å². The predicted octanol–water partition coefficient (Wildman–Crippen LogP) is 3.82. The van der Waals surface area contributed by atoms with Crippen LogP contribution in [0, 0.1) is 0 Å². The Morgan fingerprint density at radius 2 is 1.85 bits per heavy atom. The minimum absolute atomic E-state index is 0.0481. The Labute approximate surface area is 156 Å². The number of rotatable bonds is 7. The first-order valence-electron chi connectivity index (χ1n) is 8.55. The monoisotopic (exact) mass is 365 g/mol. The second-order valence-corrected chi connectivity index (χ2v) is 5.86. The number of carboxylic acids is 1. The van der Waals surface area contributed by atoms with Crippen molar-refractivity contribution in [2.75, 3.05) is 11.9 Å². The number of aliphatic carboxylic acids is 1. The summed E-state index contributed by atoms with van der Waals surface area (Å²) in [6.07, 6.45) is 2.42. The molecule has 27 heavy (non-hydrogen) atoms. The van der Waals surface area contributed by atoms with Crippen molar-refractivity contribution >= 4 is 23.5 Å². The van der Waals surface area contributed by atoms with E-state index >= 15 is 0 Å². The molecule has 0 saturated carbocycles. The van der Waals surface area contributed by atoms with Gasteiger partial charge in [-0.3, -0.25) is 4.79 Å². The van der Waals surface area contributed by atoms with Crippen LogP contribution >= 0.6 is 0 Å². The number of benzene rings is 2. The van der Waals surface area contributed by atoms with Crippen LogP contribution in [0.1, 0.15) is 18.9 Å². The lowest BCUT2D eigenvalue weighted by Gasteiger charge is -2.08. The Morgan fingerprint density at radius 3 is 2.48 bits per heavy atom. The molecule has 0 aliphatic carbocycles. The number of allylic oxidation sites excluding steroid dienone is 1. The number of hydrogen-bond acceptors (Lipinski definition) is 5. The largest absolute Gasteiger partial charge is 0.494 e. The molecule has 2 aromatic carbocycles. The fourth-order valence-corrected chi connectivity index (χ4v) is 2.50. The fraction of sp³-hybridized carbons (Fsp3) is 0.143. The van der Waals surface area contributed by atoms with Crippen LogP contribution in [-0.4, -0.2) is 23.5 Å². The topological polar surface area (TPSA) is 84.9 Å². The predicted molar refractivity (Wildman–Crippen MR) is 101 cm³/mol. The highest BCUT2D eigenvalue weighted by Gasteiger charge is 2.35. The van der Waals surface area contributed by atoms with E-state index in [-0.39, 0.29) is 11.6 Å². The van der Waals surface area contributed by atoms with E-state index in [0.29, 0.717) is 17.9 Å². The SMILES string of the molecule is CCCOc1ccc(/C=C2\OC(Nc3ccccc3)=C(C(=O)O)C2=O)cc1. The number of Topliss-reactive ketones (excluding diaryl/α,β-unsaturated/α-hetero) is 1. The van der Waals surface area contributed by atoms with E-state index in [2.05, 4.69) is 5.32 Å². The van der Waals surface area contributed by atoms with Gasteiger partial charge in [0.2, 0.25) is 11.7 Å². The first-order valence-corrected chi connectivity index (χ1v) is 8.55. The lowest BCUT2D eigenvalue weighted by Crippen LogP contribution is -2.12. The van der Waals surface area contributed by atoms with Gasteiger partial charge in [-0.05, 0) is 42.3 Å². The first-order chi connectivity index (χ1) is 13.1. The molecule has 0 atom stereocenters. The molecule has 3 rings (SSSR count).